The van der Waals surface area contributed by atoms with Crippen molar-refractivity contribution in [1.82, 2.24) is 4.98 Å². The first-order chi connectivity index (χ1) is 12.9. The van der Waals surface area contributed by atoms with Gasteiger partial charge in [0.1, 0.15) is 10.8 Å². The molecule has 0 fully saturated rings. The molecule has 27 heavy (non-hydrogen) atoms. The summed E-state index contributed by atoms with van der Waals surface area (Å²) in [5.41, 5.74) is 3.07. The highest BCUT2D eigenvalue weighted by molar-refractivity contribution is 7.92. The number of phenols is 1. The zero-order valence-electron chi connectivity index (χ0n) is 14.4. The first kappa shape index (κ1) is 17.5. The lowest BCUT2D eigenvalue weighted by Gasteiger charge is -2.08. The molecule has 0 saturated carbocycles. The molecule has 5 nitrogen and oxygen atoms in total. The Labute approximate surface area is 161 Å². The van der Waals surface area contributed by atoms with E-state index in [-0.39, 0.29) is 10.6 Å². The highest BCUT2D eigenvalue weighted by atomic mass is 32.2. The first-order valence-corrected chi connectivity index (χ1v) is 10.5. The van der Waals surface area contributed by atoms with E-state index in [4.69, 9.17) is 0 Å². The number of aromatic hydroxyl groups is 1. The van der Waals surface area contributed by atoms with E-state index in [9.17, 15) is 13.5 Å². The molecular weight excluding hydrogens is 380 g/mol. The summed E-state index contributed by atoms with van der Waals surface area (Å²) in [6.45, 7) is 1.91. The molecule has 0 amide bonds. The van der Waals surface area contributed by atoms with Crippen molar-refractivity contribution < 1.29 is 13.5 Å². The van der Waals surface area contributed by atoms with Crippen LogP contribution >= 0.6 is 11.3 Å². The number of anilines is 1. The van der Waals surface area contributed by atoms with Gasteiger partial charge in [-0.15, -0.1) is 11.3 Å². The van der Waals surface area contributed by atoms with Gasteiger partial charge in [0.2, 0.25) is 0 Å². The van der Waals surface area contributed by atoms with Crippen molar-refractivity contribution in [1.29, 1.82) is 0 Å². The molecule has 0 bridgehead atoms. The number of phenolic OH excluding ortho intramolecular Hbond substituents is 1. The predicted molar refractivity (Wildman–Crippen MR) is 109 cm³/mol. The maximum absolute atomic E-state index is 12.6. The van der Waals surface area contributed by atoms with Gasteiger partial charge in [0.05, 0.1) is 20.8 Å². The van der Waals surface area contributed by atoms with Crippen LogP contribution < -0.4 is 4.72 Å². The summed E-state index contributed by atoms with van der Waals surface area (Å²) in [6.07, 6.45) is 0. The van der Waals surface area contributed by atoms with Crippen LogP contribution in [0.25, 0.3) is 20.8 Å². The number of benzene rings is 3. The highest BCUT2D eigenvalue weighted by Gasteiger charge is 2.15. The molecular formula is C20H16N2O3S2. The fourth-order valence-corrected chi connectivity index (χ4v) is 4.73. The minimum atomic E-state index is -3.65. The zero-order chi connectivity index (χ0) is 19.0. The molecule has 4 aromatic rings. The van der Waals surface area contributed by atoms with E-state index >= 15 is 0 Å². The first-order valence-electron chi connectivity index (χ1n) is 8.20. The number of sulfonamides is 1. The van der Waals surface area contributed by atoms with Gasteiger partial charge < -0.3 is 5.11 Å². The second-order valence-corrected chi connectivity index (χ2v) is 8.88. The second kappa shape index (κ2) is 6.68. The minimum absolute atomic E-state index is 0.179. The fourth-order valence-electron chi connectivity index (χ4n) is 2.68. The summed E-state index contributed by atoms with van der Waals surface area (Å²) >= 11 is 1.44. The van der Waals surface area contributed by atoms with Crippen LogP contribution in [-0.4, -0.2) is 18.5 Å². The maximum Gasteiger partial charge on any atom is 0.261 e. The summed E-state index contributed by atoms with van der Waals surface area (Å²) in [6, 6.07) is 18.8. The standard InChI is InChI=1S/C20H16N2O3S2/c1-13-5-8-17(9-6-13)27(24,25)22-15-7-10-18-19(12-15)26-20(21-18)14-3-2-4-16(23)11-14/h2-12,22-23H,1H3. The van der Waals surface area contributed by atoms with E-state index in [1.165, 1.54) is 11.3 Å². The average Bonchev–Trinajstić information content (AvgIpc) is 3.05. The number of aromatic nitrogens is 1. The SMILES string of the molecule is Cc1ccc(S(=O)(=O)Nc2ccc3nc(-c4cccc(O)c4)sc3c2)cc1. The quantitative estimate of drug-likeness (QED) is 0.520. The highest BCUT2D eigenvalue weighted by Crippen LogP contribution is 2.33. The zero-order valence-corrected chi connectivity index (χ0v) is 16.0. The molecule has 0 spiro atoms. The molecule has 4 rings (SSSR count). The van der Waals surface area contributed by atoms with Crippen molar-refractivity contribution in [2.24, 2.45) is 0 Å². The number of thiazole rings is 1. The van der Waals surface area contributed by atoms with Crippen molar-refractivity contribution in [2.75, 3.05) is 4.72 Å². The van der Waals surface area contributed by atoms with Crippen LogP contribution in [0.2, 0.25) is 0 Å². The number of nitrogens with zero attached hydrogens (tertiary/aromatic N) is 1. The van der Waals surface area contributed by atoms with Gasteiger partial charge in [-0.25, -0.2) is 13.4 Å². The Morgan fingerprint density at radius 3 is 2.52 bits per heavy atom. The summed E-state index contributed by atoms with van der Waals surface area (Å²) in [5.74, 6) is 0.179. The van der Waals surface area contributed by atoms with E-state index in [1.54, 1.807) is 60.7 Å². The molecule has 0 aliphatic heterocycles. The van der Waals surface area contributed by atoms with Gasteiger partial charge in [-0.1, -0.05) is 29.8 Å². The number of rotatable bonds is 4. The normalized spacial score (nSPS) is 11.6. The number of hydrogen-bond donors (Lipinski definition) is 2. The lowest BCUT2D eigenvalue weighted by atomic mass is 10.2. The van der Waals surface area contributed by atoms with Gasteiger partial charge in [0, 0.05) is 5.56 Å². The van der Waals surface area contributed by atoms with Gasteiger partial charge in [-0.3, -0.25) is 4.72 Å². The van der Waals surface area contributed by atoms with Crippen LogP contribution in [0.4, 0.5) is 5.69 Å². The Morgan fingerprint density at radius 1 is 1.00 bits per heavy atom. The van der Waals surface area contributed by atoms with Crippen LogP contribution in [0.3, 0.4) is 0 Å². The van der Waals surface area contributed by atoms with Gasteiger partial charge in [-0.2, -0.15) is 0 Å². The number of fused-ring (bicyclic) bond motifs is 1. The fraction of sp³-hybridized carbons (Fsp3) is 0.0500. The van der Waals surface area contributed by atoms with Crippen molar-refractivity contribution >= 4 is 37.3 Å². The van der Waals surface area contributed by atoms with Crippen LogP contribution in [0.15, 0.2) is 71.6 Å². The van der Waals surface area contributed by atoms with Crippen LogP contribution in [0.5, 0.6) is 5.75 Å². The molecule has 0 radical (unpaired) electrons. The summed E-state index contributed by atoms with van der Waals surface area (Å²) in [7, 11) is -3.65. The Balaban J connectivity index is 1.66. The average molecular weight is 396 g/mol. The summed E-state index contributed by atoms with van der Waals surface area (Å²) in [5, 5.41) is 10.4. The van der Waals surface area contributed by atoms with Crippen LogP contribution in [-0.2, 0) is 10.0 Å². The number of nitrogens with one attached hydrogen (secondary N) is 1. The lowest BCUT2D eigenvalue weighted by Crippen LogP contribution is -2.12. The number of hydrogen-bond acceptors (Lipinski definition) is 5. The third kappa shape index (κ3) is 3.65. The van der Waals surface area contributed by atoms with Gasteiger partial charge >= 0.3 is 0 Å². The minimum Gasteiger partial charge on any atom is -0.508 e. The molecule has 0 saturated heterocycles. The molecule has 2 N–H and O–H groups in total. The molecule has 0 atom stereocenters. The van der Waals surface area contributed by atoms with Gasteiger partial charge in [0.25, 0.3) is 10.0 Å². The lowest BCUT2D eigenvalue weighted by molar-refractivity contribution is 0.475. The van der Waals surface area contributed by atoms with Crippen LogP contribution in [0, 0.1) is 6.92 Å². The summed E-state index contributed by atoms with van der Waals surface area (Å²) < 4.78 is 28.6. The van der Waals surface area contributed by atoms with Crippen molar-refractivity contribution in [3.8, 4) is 16.3 Å². The monoisotopic (exact) mass is 396 g/mol. The van der Waals surface area contributed by atoms with Crippen LogP contribution in [0.1, 0.15) is 5.56 Å². The van der Waals surface area contributed by atoms with Gasteiger partial charge in [0.15, 0.2) is 0 Å². The van der Waals surface area contributed by atoms with E-state index < -0.39 is 10.0 Å². The van der Waals surface area contributed by atoms with E-state index in [1.807, 2.05) is 13.0 Å². The molecule has 0 aliphatic carbocycles. The molecule has 0 aliphatic rings. The Bertz CT molecular complexity index is 1230. The molecule has 136 valence electrons. The Hall–Kier alpha value is -2.90. The predicted octanol–water partition coefficient (Wildman–Crippen LogP) is 4.78. The molecule has 7 heteroatoms. The van der Waals surface area contributed by atoms with E-state index in [0.29, 0.717) is 5.69 Å². The number of aryl methyl sites for hydroxylation is 1. The third-order valence-electron chi connectivity index (χ3n) is 4.07. The topological polar surface area (TPSA) is 79.3 Å². The van der Waals surface area contributed by atoms with Crippen molar-refractivity contribution in [3.63, 3.8) is 0 Å². The van der Waals surface area contributed by atoms with Crippen molar-refractivity contribution in [3.05, 3.63) is 72.3 Å². The van der Waals surface area contributed by atoms with E-state index in [2.05, 4.69) is 9.71 Å². The second-order valence-electron chi connectivity index (χ2n) is 6.17. The Kier molecular flexibility index (Phi) is 4.33. The molecule has 3 aromatic carbocycles. The molecule has 1 aromatic heterocycles. The maximum atomic E-state index is 12.6. The Morgan fingerprint density at radius 2 is 1.78 bits per heavy atom. The van der Waals surface area contributed by atoms with E-state index in [0.717, 1.165) is 26.4 Å². The largest absolute Gasteiger partial charge is 0.508 e. The summed E-state index contributed by atoms with van der Waals surface area (Å²) in [4.78, 5) is 4.78. The molecule has 1 heterocycles. The molecule has 0 unspecified atom stereocenters. The third-order valence-corrected chi connectivity index (χ3v) is 6.53. The smallest absolute Gasteiger partial charge is 0.261 e. The van der Waals surface area contributed by atoms with Crippen molar-refractivity contribution in [2.45, 2.75) is 11.8 Å². The van der Waals surface area contributed by atoms with Gasteiger partial charge in [-0.05, 0) is 49.4 Å².